The molecular weight excluding hydrogens is 234 g/mol. The SMILES string of the molecule is CC(C)c1nc(-c2cccc(C(=O)O)c2)cs1. The molecule has 17 heavy (non-hydrogen) atoms. The van der Waals surface area contributed by atoms with Crippen molar-refractivity contribution < 1.29 is 9.90 Å². The molecule has 0 fully saturated rings. The quantitative estimate of drug-likeness (QED) is 0.901. The highest BCUT2D eigenvalue weighted by molar-refractivity contribution is 7.10. The summed E-state index contributed by atoms with van der Waals surface area (Å²) in [7, 11) is 0. The molecule has 0 unspecified atom stereocenters. The number of rotatable bonds is 3. The highest BCUT2D eigenvalue weighted by Crippen LogP contribution is 2.26. The second-order valence-corrected chi connectivity index (χ2v) is 5.00. The summed E-state index contributed by atoms with van der Waals surface area (Å²) >= 11 is 1.61. The van der Waals surface area contributed by atoms with E-state index in [0.717, 1.165) is 16.3 Å². The van der Waals surface area contributed by atoms with E-state index >= 15 is 0 Å². The molecule has 0 saturated heterocycles. The lowest BCUT2D eigenvalue weighted by molar-refractivity contribution is 0.0697. The molecule has 0 atom stereocenters. The normalized spacial score (nSPS) is 10.8. The van der Waals surface area contributed by atoms with Crippen LogP contribution in [-0.2, 0) is 0 Å². The maximum Gasteiger partial charge on any atom is 0.335 e. The number of carboxylic acid groups (broad SMARTS) is 1. The van der Waals surface area contributed by atoms with Crippen molar-refractivity contribution in [2.24, 2.45) is 0 Å². The minimum absolute atomic E-state index is 0.293. The van der Waals surface area contributed by atoms with Gasteiger partial charge in [0.1, 0.15) is 0 Å². The molecule has 0 spiro atoms. The van der Waals surface area contributed by atoms with E-state index in [0.29, 0.717) is 11.5 Å². The first-order valence-electron chi connectivity index (χ1n) is 5.37. The molecule has 88 valence electrons. The van der Waals surface area contributed by atoms with E-state index in [9.17, 15) is 4.79 Å². The van der Waals surface area contributed by atoms with E-state index in [1.54, 1.807) is 29.5 Å². The van der Waals surface area contributed by atoms with Gasteiger partial charge < -0.3 is 5.11 Å². The van der Waals surface area contributed by atoms with Gasteiger partial charge in [-0.3, -0.25) is 0 Å². The summed E-state index contributed by atoms with van der Waals surface area (Å²) in [5.41, 5.74) is 2.00. The monoisotopic (exact) mass is 247 g/mol. The predicted molar refractivity (Wildman–Crippen MR) is 68.6 cm³/mol. The summed E-state index contributed by atoms with van der Waals surface area (Å²) in [6.45, 7) is 4.19. The van der Waals surface area contributed by atoms with Crippen LogP contribution in [0.5, 0.6) is 0 Å². The van der Waals surface area contributed by atoms with Crippen LogP contribution in [0.3, 0.4) is 0 Å². The minimum Gasteiger partial charge on any atom is -0.478 e. The van der Waals surface area contributed by atoms with Crippen molar-refractivity contribution in [1.29, 1.82) is 0 Å². The van der Waals surface area contributed by atoms with Gasteiger partial charge in [-0.2, -0.15) is 0 Å². The zero-order valence-electron chi connectivity index (χ0n) is 9.68. The maximum absolute atomic E-state index is 10.9. The number of aromatic nitrogens is 1. The van der Waals surface area contributed by atoms with Gasteiger partial charge in [-0.1, -0.05) is 26.0 Å². The van der Waals surface area contributed by atoms with Crippen LogP contribution in [0.2, 0.25) is 0 Å². The van der Waals surface area contributed by atoms with E-state index in [1.165, 1.54) is 0 Å². The average molecular weight is 247 g/mol. The van der Waals surface area contributed by atoms with Crippen LogP contribution in [0.1, 0.15) is 35.1 Å². The van der Waals surface area contributed by atoms with Crippen molar-refractivity contribution >= 4 is 17.3 Å². The van der Waals surface area contributed by atoms with Crippen LogP contribution in [0.25, 0.3) is 11.3 Å². The highest BCUT2D eigenvalue weighted by atomic mass is 32.1. The fraction of sp³-hybridized carbons (Fsp3) is 0.231. The van der Waals surface area contributed by atoms with Crippen molar-refractivity contribution in [3.8, 4) is 11.3 Å². The third kappa shape index (κ3) is 2.53. The smallest absolute Gasteiger partial charge is 0.335 e. The zero-order valence-corrected chi connectivity index (χ0v) is 10.5. The fourth-order valence-electron chi connectivity index (χ4n) is 1.50. The molecule has 0 aliphatic heterocycles. The Morgan fingerprint density at radius 3 is 2.76 bits per heavy atom. The summed E-state index contributed by atoms with van der Waals surface area (Å²) < 4.78 is 0. The van der Waals surface area contributed by atoms with E-state index in [-0.39, 0.29) is 0 Å². The summed E-state index contributed by atoms with van der Waals surface area (Å²) in [6.07, 6.45) is 0. The van der Waals surface area contributed by atoms with E-state index in [4.69, 9.17) is 5.11 Å². The first-order valence-corrected chi connectivity index (χ1v) is 6.25. The lowest BCUT2D eigenvalue weighted by Crippen LogP contribution is -1.95. The topological polar surface area (TPSA) is 50.2 Å². The number of carboxylic acids is 1. The Hall–Kier alpha value is -1.68. The standard InChI is InChI=1S/C13H13NO2S/c1-8(2)12-14-11(7-17-12)9-4-3-5-10(6-9)13(15)16/h3-8H,1-2H3,(H,15,16). The van der Waals surface area contributed by atoms with Gasteiger partial charge in [0, 0.05) is 16.9 Å². The van der Waals surface area contributed by atoms with Gasteiger partial charge >= 0.3 is 5.97 Å². The van der Waals surface area contributed by atoms with Gasteiger partial charge in [-0.05, 0) is 12.1 Å². The van der Waals surface area contributed by atoms with Gasteiger partial charge in [0.2, 0.25) is 0 Å². The Labute approximate surface area is 104 Å². The Kier molecular flexibility index (Phi) is 3.24. The summed E-state index contributed by atoms with van der Waals surface area (Å²) in [5, 5.41) is 12.0. The third-order valence-electron chi connectivity index (χ3n) is 2.42. The van der Waals surface area contributed by atoms with Crippen LogP contribution in [0, 0.1) is 0 Å². The number of hydrogen-bond donors (Lipinski definition) is 1. The Morgan fingerprint density at radius 1 is 1.41 bits per heavy atom. The van der Waals surface area contributed by atoms with Crippen LogP contribution in [-0.4, -0.2) is 16.1 Å². The van der Waals surface area contributed by atoms with Crippen molar-refractivity contribution in [1.82, 2.24) is 4.98 Å². The van der Waals surface area contributed by atoms with Crippen molar-refractivity contribution in [3.05, 3.63) is 40.2 Å². The van der Waals surface area contributed by atoms with Crippen LogP contribution >= 0.6 is 11.3 Å². The highest BCUT2D eigenvalue weighted by Gasteiger charge is 2.09. The largest absolute Gasteiger partial charge is 0.478 e. The molecule has 3 nitrogen and oxygen atoms in total. The number of aromatic carboxylic acids is 1. The molecule has 1 aromatic heterocycles. The number of nitrogens with zero attached hydrogens (tertiary/aromatic N) is 1. The van der Waals surface area contributed by atoms with E-state index in [1.807, 2.05) is 11.4 Å². The van der Waals surface area contributed by atoms with Crippen molar-refractivity contribution in [2.75, 3.05) is 0 Å². The molecule has 0 aliphatic carbocycles. The number of benzene rings is 1. The number of hydrogen-bond acceptors (Lipinski definition) is 3. The molecule has 1 N–H and O–H groups in total. The second-order valence-electron chi connectivity index (χ2n) is 4.11. The molecule has 0 saturated carbocycles. The van der Waals surface area contributed by atoms with Gasteiger partial charge in [0.15, 0.2) is 0 Å². The minimum atomic E-state index is -0.911. The van der Waals surface area contributed by atoms with Crippen molar-refractivity contribution in [3.63, 3.8) is 0 Å². The molecular formula is C13H13NO2S. The zero-order chi connectivity index (χ0) is 12.4. The Balaban J connectivity index is 2.38. The fourth-order valence-corrected chi connectivity index (χ4v) is 2.34. The van der Waals surface area contributed by atoms with Crippen LogP contribution in [0.15, 0.2) is 29.6 Å². The number of thiazole rings is 1. The van der Waals surface area contributed by atoms with Crippen molar-refractivity contribution in [2.45, 2.75) is 19.8 Å². The molecule has 1 heterocycles. The van der Waals surface area contributed by atoms with Gasteiger partial charge in [0.25, 0.3) is 0 Å². The number of carbonyl (C=O) groups is 1. The maximum atomic E-state index is 10.9. The first-order chi connectivity index (χ1) is 8.08. The van der Waals surface area contributed by atoms with Gasteiger partial charge in [0.05, 0.1) is 16.3 Å². The molecule has 0 bridgehead atoms. The lowest BCUT2D eigenvalue weighted by Gasteiger charge is -2.00. The van der Waals surface area contributed by atoms with Gasteiger partial charge in [-0.25, -0.2) is 9.78 Å². The molecule has 0 amide bonds. The third-order valence-corrected chi connectivity index (χ3v) is 3.57. The molecule has 4 heteroatoms. The second kappa shape index (κ2) is 4.67. The first kappa shape index (κ1) is 11.8. The molecule has 0 aliphatic rings. The molecule has 2 rings (SSSR count). The van der Waals surface area contributed by atoms with Crippen LogP contribution < -0.4 is 0 Å². The Morgan fingerprint density at radius 2 is 2.18 bits per heavy atom. The summed E-state index contributed by atoms with van der Waals surface area (Å²) in [6, 6.07) is 6.86. The lowest BCUT2D eigenvalue weighted by atomic mass is 10.1. The summed E-state index contributed by atoms with van der Waals surface area (Å²) in [5.74, 6) is -0.512. The predicted octanol–water partition coefficient (Wildman–Crippen LogP) is 3.63. The molecule has 1 aromatic carbocycles. The molecule has 0 radical (unpaired) electrons. The van der Waals surface area contributed by atoms with E-state index < -0.39 is 5.97 Å². The van der Waals surface area contributed by atoms with Crippen LogP contribution in [0.4, 0.5) is 0 Å². The Bertz CT molecular complexity index is 546. The van der Waals surface area contributed by atoms with Gasteiger partial charge in [-0.15, -0.1) is 11.3 Å². The average Bonchev–Trinajstić information content (AvgIpc) is 2.78. The molecule has 2 aromatic rings. The van der Waals surface area contributed by atoms with E-state index in [2.05, 4.69) is 18.8 Å². The summed E-state index contributed by atoms with van der Waals surface area (Å²) in [4.78, 5) is 15.4.